The first-order valence-corrected chi connectivity index (χ1v) is 5.35. The number of methoxy groups -OCH3 is 3. The quantitative estimate of drug-likeness (QED) is 0.799. The number of hydrogen-bond donors (Lipinski definition) is 0. The van der Waals surface area contributed by atoms with Crippen LogP contribution in [0.4, 0.5) is 0 Å². The van der Waals surface area contributed by atoms with Crippen LogP contribution in [0.3, 0.4) is 0 Å². The van der Waals surface area contributed by atoms with E-state index in [-0.39, 0.29) is 5.78 Å². The SMILES string of the molecule is COc1cc(Br)c(C(C)=O)c(OC)c1OC. The van der Waals surface area contributed by atoms with Gasteiger partial charge >= 0.3 is 0 Å². The van der Waals surface area contributed by atoms with Gasteiger partial charge in [-0.3, -0.25) is 4.79 Å². The Bertz CT molecular complexity index is 415. The summed E-state index contributed by atoms with van der Waals surface area (Å²) in [5.74, 6) is 1.19. The third kappa shape index (κ3) is 2.14. The maximum atomic E-state index is 11.5. The van der Waals surface area contributed by atoms with Crippen LogP contribution >= 0.6 is 15.9 Å². The lowest BCUT2D eigenvalue weighted by atomic mass is 10.1. The molecule has 16 heavy (non-hydrogen) atoms. The Kier molecular flexibility index (Phi) is 4.18. The van der Waals surface area contributed by atoms with E-state index in [0.717, 1.165) is 0 Å². The Morgan fingerprint density at radius 1 is 1.12 bits per heavy atom. The highest BCUT2D eigenvalue weighted by Crippen LogP contribution is 2.43. The zero-order valence-electron chi connectivity index (χ0n) is 9.59. The lowest BCUT2D eigenvalue weighted by Crippen LogP contribution is -2.03. The van der Waals surface area contributed by atoms with Crippen molar-refractivity contribution in [3.8, 4) is 17.2 Å². The Hall–Kier alpha value is -1.23. The smallest absolute Gasteiger partial charge is 0.204 e. The fourth-order valence-electron chi connectivity index (χ4n) is 1.45. The van der Waals surface area contributed by atoms with Crippen molar-refractivity contribution in [1.82, 2.24) is 0 Å². The molecule has 0 aromatic heterocycles. The topological polar surface area (TPSA) is 44.8 Å². The van der Waals surface area contributed by atoms with Crippen molar-refractivity contribution in [1.29, 1.82) is 0 Å². The van der Waals surface area contributed by atoms with Gasteiger partial charge in [-0.1, -0.05) is 0 Å². The van der Waals surface area contributed by atoms with Gasteiger partial charge in [0.2, 0.25) is 5.75 Å². The van der Waals surface area contributed by atoms with E-state index in [0.29, 0.717) is 27.3 Å². The van der Waals surface area contributed by atoms with Gasteiger partial charge in [-0.05, 0) is 28.9 Å². The molecule has 5 heteroatoms. The molecular weight excluding hydrogens is 276 g/mol. The highest BCUT2D eigenvalue weighted by Gasteiger charge is 2.21. The van der Waals surface area contributed by atoms with Crippen molar-refractivity contribution in [2.45, 2.75) is 6.92 Å². The minimum atomic E-state index is -0.107. The van der Waals surface area contributed by atoms with E-state index in [1.165, 1.54) is 28.3 Å². The Morgan fingerprint density at radius 3 is 2.06 bits per heavy atom. The van der Waals surface area contributed by atoms with Crippen LogP contribution in [0.1, 0.15) is 17.3 Å². The fraction of sp³-hybridized carbons (Fsp3) is 0.364. The van der Waals surface area contributed by atoms with Crippen LogP contribution in [-0.2, 0) is 0 Å². The standard InChI is InChI=1S/C11H13BrO4/c1-6(13)9-7(12)5-8(14-2)10(15-3)11(9)16-4/h5H,1-4H3. The molecule has 0 aliphatic carbocycles. The Morgan fingerprint density at radius 2 is 1.69 bits per heavy atom. The molecule has 1 aromatic rings. The molecule has 88 valence electrons. The van der Waals surface area contributed by atoms with Crippen LogP contribution in [0.15, 0.2) is 10.5 Å². The molecule has 0 fully saturated rings. The van der Waals surface area contributed by atoms with E-state index in [1.807, 2.05) is 0 Å². The van der Waals surface area contributed by atoms with Gasteiger partial charge < -0.3 is 14.2 Å². The van der Waals surface area contributed by atoms with Crippen molar-refractivity contribution in [2.75, 3.05) is 21.3 Å². The first-order chi connectivity index (χ1) is 7.56. The molecule has 0 amide bonds. The van der Waals surface area contributed by atoms with Crippen molar-refractivity contribution in [2.24, 2.45) is 0 Å². The molecule has 0 N–H and O–H groups in total. The molecule has 0 saturated heterocycles. The van der Waals surface area contributed by atoms with Gasteiger partial charge in [-0.25, -0.2) is 0 Å². The maximum absolute atomic E-state index is 11.5. The van der Waals surface area contributed by atoms with Crippen LogP contribution in [0.5, 0.6) is 17.2 Å². The Labute approximate surface area is 103 Å². The van der Waals surface area contributed by atoms with E-state index < -0.39 is 0 Å². The minimum Gasteiger partial charge on any atom is -0.493 e. The van der Waals surface area contributed by atoms with Crippen molar-refractivity contribution in [3.05, 3.63) is 16.1 Å². The van der Waals surface area contributed by atoms with Gasteiger partial charge in [0.05, 0.1) is 26.9 Å². The summed E-state index contributed by atoms with van der Waals surface area (Å²) in [6.07, 6.45) is 0. The van der Waals surface area contributed by atoms with Crippen LogP contribution in [0.25, 0.3) is 0 Å². The van der Waals surface area contributed by atoms with E-state index in [9.17, 15) is 4.79 Å². The van der Waals surface area contributed by atoms with E-state index in [4.69, 9.17) is 14.2 Å². The molecule has 0 bridgehead atoms. The molecule has 0 atom stereocenters. The summed E-state index contributed by atoms with van der Waals surface area (Å²) in [5.41, 5.74) is 0.445. The molecule has 0 heterocycles. The van der Waals surface area contributed by atoms with Gasteiger partial charge in [-0.15, -0.1) is 0 Å². The molecule has 4 nitrogen and oxygen atoms in total. The van der Waals surface area contributed by atoms with Crippen molar-refractivity contribution >= 4 is 21.7 Å². The second kappa shape index (κ2) is 5.21. The minimum absolute atomic E-state index is 0.107. The lowest BCUT2D eigenvalue weighted by molar-refractivity contribution is 0.101. The number of halogens is 1. The summed E-state index contributed by atoms with van der Waals surface area (Å²) in [5, 5.41) is 0. The van der Waals surface area contributed by atoms with Crippen molar-refractivity contribution in [3.63, 3.8) is 0 Å². The number of ketones is 1. The molecular formula is C11H13BrO4. The summed E-state index contributed by atoms with van der Waals surface area (Å²) in [6.45, 7) is 1.47. The number of ether oxygens (including phenoxy) is 3. The zero-order chi connectivity index (χ0) is 12.3. The summed E-state index contributed by atoms with van der Waals surface area (Å²) < 4.78 is 16.1. The number of carbonyl (C=O) groups is 1. The fourth-order valence-corrected chi connectivity index (χ4v) is 2.12. The summed E-state index contributed by atoms with van der Waals surface area (Å²) in [6, 6.07) is 1.68. The molecule has 0 aliphatic rings. The maximum Gasteiger partial charge on any atom is 0.204 e. The van der Waals surface area contributed by atoms with Crippen molar-refractivity contribution < 1.29 is 19.0 Å². The predicted octanol–water partition coefficient (Wildman–Crippen LogP) is 2.68. The number of Topliss-reactive ketones (excluding diaryl/α,β-unsaturated/α-hetero) is 1. The zero-order valence-corrected chi connectivity index (χ0v) is 11.2. The van der Waals surface area contributed by atoms with E-state index in [2.05, 4.69) is 15.9 Å². The number of hydrogen-bond acceptors (Lipinski definition) is 4. The largest absolute Gasteiger partial charge is 0.493 e. The van der Waals surface area contributed by atoms with Gasteiger partial charge in [0, 0.05) is 4.47 Å². The van der Waals surface area contributed by atoms with Crippen LogP contribution < -0.4 is 14.2 Å². The normalized spacial score (nSPS) is 9.81. The predicted molar refractivity (Wildman–Crippen MR) is 63.8 cm³/mol. The van der Waals surface area contributed by atoms with Gasteiger partial charge in [0.1, 0.15) is 0 Å². The van der Waals surface area contributed by atoms with Crippen LogP contribution in [-0.4, -0.2) is 27.1 Å². The summed E-state index contributed by atoms with van der Waals surface area (Å²) >= 11 is 3.31. The highest BCUT2D eigenvalue weighted by molar-refractivity contribution is 9.10. The number of benzene rings is 1. The average molecular weight is 289 g/mol. The number of rotatable bonds is 4. The molecule has 0 unspecified atom stereocenters. The van der Waals surface area contributed by atoms with Gasteiger partial charge in [-0.2, -0.15) is 0 Å². The molecule has 1 aromatic carbocycles. The first kappa shape index (κ1) is 12.8. The molecule has 0 radical (unpaired) electrons. The lowest BCUT2D eigenvalue weighted by Gasteiger charge is -2.15. The highest BCUT2D eigenvalue weighted by atomic mass is 79.9. The van der Waals surface area contributed by atoms with E-state index in [1.54, 1.807) is 6.07 Å². The van der Waals surface area contributed by atoms with Crippen LogP contribution in [0.2, 0.25) is 0 Å². The monoisotopic (exact) mass is 288 g/mol. The van der Waals surface area contributed by atoms with E-state index >= 15 is 0 Å². The summed E-state index contributed by atoms with van der Waals surface area (Å²) in [4.78, 5) is 11.5. The molecule has 0 aliphatic heterocycles. The van der Waals surface area contributed by atoms with Crippen LogP contribution in [0, 0.1) is 0 Å². The Balaban J connectivity index is 3.57. The first-order valence-electron chi connectivity index (χ1n) is 4.56. The number of carbonyl (C=O) groups excluding carboxylic acids is 1. The third-order valence-electron chi connectivity index (χ3n) is 2.13. The van der Waals surface area contributed by atoms with Gasteiger partial charge in [0.25, 0.3) is 0 Å². The molecule has 0 saturated carbocycles. The third-order valence-corrected chi connectivity index (χ3v) is 2.76. The molecule has 0 spiro atoms. The second-order valence-corrected chi connectivity index (χ2v) is 3.91. The van der Waals surface area contributed by atoms with Gasteiger partial charge in [0.15, 0.2) is 17.3 Å². The summed E-state index contributed by atoms with van der Waals surface area (Å²) in [7, 11) is 4.51. The molecule has 1 rings (SSSR count). The average Bonchev–Trinajstić information content (AvgIpc) is 2.26. The second-order valence-electron chi connectivity index (χ2n) is 3.06.